The standard InChI is InChI=1S/C13H22N4O/c1-16-5-2-10(3-6-16)8-12-14-15-13-9-11(18)4-7-17(12)13/h10-11,18H,2-9H2,1H3. The Morgan fingerprint density at radius 2 is 1.94 bits per heavy atom. The number of nitrogens with zero attached hydrogens (tertiary/aromatic N) is 4. The third-order valence-corrected chi connectivity index (χ3v) is 4.32. The average Bonchev–Trinajstić information content (AvgIpc) is 2.74. The van der Waals surface area contributed by atoms with Crippen LogP contribution in [0.5, 0.6) is 0 Å². The molecule has 5 heteroatoms. The maximum atomic E-state index is 9.63. The maximum Gasteiger partial charge on any atom is 0.135 e. The molecule has 2 aliphatic rings. The third-order valence-electron chi connectivity index (χ3n) is 4.32. The van der Waals surface area contributed by atoms with Crippen LogP contribution in [0.2, 0.25) is 0 Å². The van der Waals surface area contributed by atoms with Crippen LogP contribution in [0.1, 0.15) is 30.9 Å². The van der Waals surface area contributed by atoms with Crippen LogP contribution in [0.25, 0.3) is 0 Å². The molecule has 1 unspecified atom stereocenters. The molecule has 1 aromatic heterocycles. The van der Waals surface area contributed by atoms with Gasteiger partial charge in [0.1, 0.15) is 11.6 Å². The summed E-state index contributed by atoms with van der Waals surface area (Å²) in [5, 5.41) is 18.2. The number of aliphatic hydroxyl groups excluding tert-OH is 1. The van der Waals surface area contributed by atoms with Crippen LogP contribution in [0.15, 0.2) is 0 Å². The summed E-state index contributed by atoms with van der Waals surface area (Å²) in [5.74, 6) is 2.85. The summed E-state index contributed by atoms with van der Waals surface area (Å²) in [4.78, 5) is 2.39. The van der Waals surface area contributed by atoms with E-state index >= 15 is 0 Å². The van der Waals surface area contributed by atoms with E-state index in [1.54, 1.807) is 0 Å². The van der Waals surface area contributed by atoms with E-state index in [4.69, 9.17) is 0 Å². The van der Waals surface area contributed by atoms with Crippen molar-refractivity contribution in [3.05, 3.63) is 11.6 Å². The second-order valence-electron chi connectivity index (χ2n) is 5.78. The first kappa shape index (κ1) is 12.1. The summed E-state index contributed by atoms with van der Waals surface area (Å²) in [5.41, 5.74) is 0. The smallest absolute Gasteiger partial charge is 0.135 e. The Morgan fingerprint density at radius 1 is 1.17 bits per heavy atom. The van der Waals surface area contributed by atoms with Crippen LogP contribution in [0, 0.1) is 5.92 Å². The van der Waals surface area contributed by atoms with Gasteiger partial charge in [0.2, 0.25) is 0 Å². The lowest BCUT2D eigenvalue weighted by Crippen LogP contribution is -2.31. The molecule has 1 fully saturated rings. The Hall–Kier alpha value is -0.940. The zero-order chi connectivity index (χ0) is 12.5. The number of hydrogen-bond acceptors (Lipinski definition) is 4. The summed E-state index contributed by atoms with van der Waals surface area (Å²) in [6.07, 6.45) is 4.86. The summed E-state index contributed by atoms with van der Waals surface area (Å²) in [6, 6.07) is 0. The summed E-state index contributed by atoms with van der Waals surface area (Å²) >= 11 is 0. The summed E-state index contributed by atoms with van der Waals surface area (Å²) < 4.78 is 2.23. The van der Waals surface area contributed by atoms with E-state index in [0.717, 1.165) is 37.0 Å². The Kier molecular flexibility index (Phi) is 3.35. The minimum Gasteiger partial charge on any atom is -0.393 e. The van der Waals surface area contributed by atoms with Crippen LogP contribution in [0.4, 0.5) is 0 Å². The van der Waals surface area contributed by atoms with Crippen LogP contribution in [-0.2, 0) is 19.4 Å². The zero-order valence-electron chi connectivity index (χ0n) is 11.0. The molecule has 3 rings (SSSR count). The topological polar surface area (TPSA) is 54.2 Å². The fourth-order valence-corrected chi connectivity index (χ4v) is 3.05. The lowest BCUT2D eigenvalue weighted by atomic mass is 9.93. The summed E-state index contributed by atoms with van der Waals surface area (Å²) in [6.45, 7) is 3.28. The molecule has 0 aliphatic carbocycles. The van der Waals surface area contributed by atoms with Gasteiger partial charge in [0.15, 0.2) is 0 Å². The van der Waals surface area contributed by atoms with E-state index < -0.39 is 0 Å². The van der Waals surface area contributed by atoms with Crippen molar-refractivity contribution in [2.45, 2.75) is 44.8 Å². The number of fused-ring (bicyclic) bond motifs is 1. The van der Waals surface area contributed by atoms with Gasteiger partial charge in [-0.3, -0.25) is 0 Å². The predicted molar refractivity (Wildman–Crippen MR) is 68.3 cm³/mol. The van der Waals surface area contributed by atoms with Crippen LogP contribution in [-0.4, -0.2) is 51.0 Å². The van der Waals surface area contributed by atoms with Gasteiger partial charge in [-0.1, -0.05) is 0 Å². The molecule has 1 saturated heterocycles. The Balaban J connectivity index is 1.67. The normalized spacial score (nSPS) is 26.2. The predicted octanol–water partition coefficient (Wildman–Crippen LogP) is 0.469. The minimum absolute atomic E-state index is 0.224. The van der Waals surface area contributed by atoms with Crippen molar-refractivity contribution in [3.63, 3.8) is 0 Å². The number of aliphatic hydroxyl groups is 1. The van der Waals surface area contributed by atoms with Crippen molar-refractivity contribution in [2.75, 3.05) is 20.1 Å². The van der Waals surface area contributed by atoms with Gasteiger partial charge in [-0.15, -0.1) is 10.2 Å². The molecule has 0 saturated carbocycles. The van der Waals surface area contributed by atoms with Gasteiger partial charge in [0.05, 0.1) is 6.10 Å². The number of rotatable bonds is 2. The van der Waals surface area contributed by atoms with Gasteiger partial charge in [-0.05, 0) is 45.3 Å². The molecule has 0 aromatic carbocycles. The molecule has 1 aromatic rings. The van der Waals surface area contributed by atoms with E-state index in [1.165, 1.54) is 25.9 Å². The zero-order valence-corrected chi connectivity index (χ0v) is 11.0. The molecule has 5 nitrogen and oxygen atoms in total. The first-order chi connectivity index (χ1) is 8.72. The molecule has 1 atom stereocenters. The van der Waals surface area contributed by atoms with Gasteiger partial charge in [-0.2, -0.15) is 0 Å². The SMILES string of the molecule is CN1CCC(Cc2nnc3n2CCC(O)C3)CC1. The molecule has 0 bridgehead atoms. The Morgan fingerprint density at radius 3 is 2.72 bits per heavy atom. The first-order valence-electron chi connectivity index (χ1n) is 7.00. The van der Waals surface area contributed by atoms with Crippen molar-refractivity contribution >= 4 is 0 Å². The van der Waals surface area contributed by atoms with Crippen molar-refractivity contribution < 1.29 is 5.11 Å². The number of hydrogen-bond donors (Lipinski definition) is 1. The van der Waals surface area contributed by atoms with E-state index in [1.807, 2.05) is 0 Å². The van der Waals surface area contributed by atoms with Gasteiger partial charge in [-0.25, -0.2) is 0 Å². The Bertz CT molecular complexity index is 409. The second-order valence-corrected chi connectivity index (χ2v) is 5.78. The Labute approximate surface area is 108 Å². The van der Waals surface area contributed by atoms with Gasteiger partial charge < -0.3 is 14.6 Å². The van der Waals surface area contributed by atoms with Gasteiger partial charge in [0.25, 0.3) is 0 Å². The molecule has 0 radical (unpaired) electrons. The van der Waals surface area contributed by atoms with Crippen LogP contribution >= 0.6 is 0 Å². The van der Waals surface area contributed by atoms with Crippen molar-refractivity contribution in [1.29, 1.82) is 0 Å². The molecule has 2 aliphatic heterocycles. The van der Waals surface area contributed by atoms with Crippen molar-refractivity contribution in [1.82, 2.24) is 19.7 Å². The lowest BCUT2D eigenvalue weighted by molar-refractivity contribution is 0.140. The van der Waals surface area contributed by atoms with Crippen molar-refractivity contribution in [2.24, 2.45) is 5.92 Å². The molecule has 3 heterocycles. The number of aromatic nitrogens is 3. The largest absolute Gasteiger partial charge is 0.393 e. The quantitative estimate of drug-likeness (QED) is 0.829. The van der Waals surface area contributed by atoms with Crippen LogP contribution < -0.4 is 0 Å². The second kappa shape index (κ2) is 4.97. The van der Waals surface area contributed by atoms with E-state index in [0.29, 0.717) is 6.42 Å². The van der Waals surface area contributed by atoms with Gasteiger partial charge >= 0.3 is 0 Å². The van der Waals surface area contributed by atoms with E-state index in [9.17, 15) is 5.11 Å². The number of piperidine rings is 1. The van der Waals surface area contributed by atoms with Crippen molar-refractivity contribution in [3.8, 4) is 0 Å². The molecular formula is C13H22N4O. The maximum absolute atomic E-state index is 9.63. The molecular weight excluding hydrogens is 228 g/mol. The average molecular weight is 250 g/mol. The fourth-order valence-electron chi connectivity index (χ4n) is 3.05. The lowest BCUT2D eigenvalue weighted by Gasteiger charge is -2.29. The third kappa shape index (κ3) is 2.42. The highest BCUT2D eigenvalue weighted by molar-refractivity contribution is 5.02. The van der Waals surface area contributed by atoms with Crippen LogP contribution in [0.3, 0.4) is 0 Å². The monoisotopic (exact) mass is 250 g/mol. The minimum atomic E-state index is -0.224. The van der Waals surface area contributed by atoms with E-state index in [2.05, 4.69) is 26.7 Å². The highest BCUT2D eigenvalue weighted by atomic mass is 16.3. The highest BCUT2D eigenvalue weighted by Gasteiger charge is 2.24. The number of likely N-dealkylation sites (tertiary alicyclic amines) is 1. The van der Waals surface area contributed by atoms with Gasteiger partial charge in [0, 0.05) is 19.4 Å². The highest BCUT2D eigenvalue weighted by Crippen LogP contribution is 2.22. The van der Waals surface area contributed by atoms with E-state index in [-0.39, 0.29) is 6.10 Å². The molecule has 100 valence electrons. The fraction of sp³-hybridized carbons (Fsp3) is 0.846. The summed E-state index contributed by atoms with van der Waals surface area (Å²) in [7, 11) is 2.19. The molecule has 0 amide bonds. The molecule has 0 spiro atoms. The molecule has 1 N–H and O–H groups in total. The first-order valence-corrected chi connectivity index (χ1v) is 7.00. The molecule has 18 heavy (non-hydrogen) atoms.